The largest absolute Gasteiger partial charge is 0.568 e. The number of hydrogen-bond donors (Lipinski definition) is 1. The number of nitrogens with zero attached hydrogens (tertiary/aromatic N) is 1. The van der Waals surface area contributed by atoms with Crippen LogP contribution in [-0.2, 0) is 0 Å². The molecule has 0 aliphatic heterocycles. The number of benzene rings is 2. The maximum absolute atomic E-state index is 11.8. The van der Waals surface area contributed by atoms with Gasteiger partial charge >= 0.3 is 0 Å². The van der Waals surface area contributed by atoms with Gasteiger partial charge in [0.25, 0.3) is 0 Å². The molecule has 2 atom stereocenters. The summed E-state index contributed by atoms with van der Waals surface area (Å²) in [4.78, 5) is 0. The van der Waals surface area contributed by atoms with Crippen LogP contribution in [0.3, 0.4) is 0 Å². The van der Waals surface area contributed by atoms with Gasteiger partial charge in [-0.15, -0.1) is 0 Å². The lowest BCUT2D eigenvalue weighted by Gasteiger charge is -2.06. The zero-order valence-corrected chi connectivity index (χ0v) is 10.3. The van der Waals surface area contributed by atoms with E-state index in [1.54, 1.807) is 6.07 Å². The highest BCUT2D eigenvalue weighted by Crippen LogP contribution is 2.34. The Bertz CT molecular complexity index is 679. The molecule has 0 radical (unpaired) electrons. The lowest BCUT2D eigenvalue weighted by atomic mass is 10.0. The Kier molecular flexibility index (Phi) is 2.83. The third kappa shape index (κ3) is 1.80. The molecular formula is C14H11NO2S. The fourth-order valence-corrected chi connectivity index (χ4v) is 3.04. The molecule has 0 saturated carbocycles. The van der Waals surface area contributed by atoms with Crippen molar-refractivity contribution in [3.8, 4) is 0 Å². The minimum absolute atomic E-state index is 0.482. The Morgan fingerprint density at radius 3 is 2.44 bits per heavy atom. The first-order valence-electron chi connectivity index (χ1n) is 5.60. The summed E-state index contributed by atoms with van der Waals surface area (Å²) in [6.07, 6.45) is -0.834. The van der Waals surface area contributed by atoms with Gasteiger partial charge in [-0.05, 0) is 16.0 Å². The summed E-state index contributed by atoms with van der Waals surface area (Å²) < 4.78 is 16.6. The van der Waals surface area contributed by atoms with Crippen LogP contribution in [0.15, 0.2) is 54.6 Å². The van der Waals surface area contributed by atoms with E-state index in [1.807, 2.05) is 48.5 Å². The highest BCUT2D eigenvalue weighted by molar-refractivity contribution is 7.26. The quantitative estimate of drug-likeness (QED) is 0.718. The maximum atomic E-state index is 11.8. The normalized spacial score (nSPS) is 13.8. The van der Waals surface area contributed by atoms with Crippen molar-refractivity contribution in [3.63, 3.8) is 0 Å². The summed E-state index contributed by atoms with van der Waals surface area (Å²) >= 11 is 0. The van der Waals surface area contributed by atoms with Crippen molar-refractivity contribution in [1.29, 1.82) is 0 Å². The van der Waals surface area contributed by atoms with Gasteiger partial charge in [-0.1, -0.05) is 42.5 Å². The van der Waals surface area contributed by atoms with E-state index in [9.17, 15) is 9.66 Å². The number of aliphatic hydroxyl groups is 1. The first-order valence-corrected chi connectivity index (χ1v) is 6.71. The van der Waals surface area contributed by atoms with Crippen molar-refractivity contribution in [1.82, 2.24) is 4.37 Å². The average molecular weight is 257 g/mol. The first-order chi connectivity index (χ1) is 8.77. The fourth-order valence-electron chi connectivity index (χ4n) is 2.01. The van der Waals surface area contributed by atoms with Gasteiger partial charge < -0.3 is 9.66 Å². The van der Waals surface area contributed by atoms with E-state index in [4.69, 9.17) is 0 Å². The van der Waals surface area contributed by atoms with Gasteiger partial charge in [0.2, 0.25) is 4.70 Å². The molecular weight excluding hydrogens is 246 g/mol. The minimum Gasteiger partial charge on any atom is -0.568 e. The summed E-state index contributed by atoms with van der Waals surface area (Å²) in [5.74, 6) is 0. The molecule has 1 aromatic heterocycles. The molecule has 0 bridgehead atoms. The SMILES string of the molecule is [O-][s+]1nc(C(O)c2ccccc2)c2ccccc21. The second-order valence-corrected chi connectivity index (χ2v) is 5.16. The zero-order chi connectivity index (χ0) is 12.5. The van der Waals surface area contributed by atoms with Crippen LogP contribution >= 0.6 is 10.9 Å². The molecule has 0 amide bonds. The van der Waals surface area contributed by atoms with Crippen LogP contribution in [0.5, 0.6) is 0 Å². The van der Waals surface area contributed by atoms with E-state index in [2.05, 4.69) is 4.37 Å². The van der Waals surface area contributed by atoms with Gasteiger partial charge in [0.05, 0.1) is 16.3 Å². The molecule has 3 aromatic rings. The molecule has 3 rings (SSSR count). The molecule has 0 saturated heterocycles. The van der Waals surface area contributed by atoms with Crippen LogP contribution in [0.2, 0.25) is 0 Å². The smallest absolute Gasteiger partial charge is 0.206 e. The maximum Gasteiger partial charge on any atom is 0.206 e. The molecule has 0 aliphatic rings. The Balaban J connectivity index is 2.15. The Morgan fingerprint density at radius 2 is 1.67 bits per heavy atom. The van der Waals surface area contributed by atoms with Gasteiger partial charge in [-0.25, -0.2) is 0 Å². The fraction of sp³-hybridized carbons (Fsp3) is 0.0714. The molecule has 0 fully saturated rings. The van der Waals surface area contributed by atoms with Crippen molar-refractivity contribution in [2.45, 2.75) is 6.10 Å². The molecule has 0 spiro atoms. The lowest BCUT2D eigenvalue weighted by Crippen LogP contribution is -1.99. The number of rotatable bonds is 2. The van der Waals surface area contributed by atoms with E-state index < -0.39 is 17.1 Å². The topological polar surface area (TPSA) is 56.2 Å². The van der Waals surface area contributed by atoms with E-state index in [-0.39, 0.29) is 0 Å². The van der Waals surface area contributed by atoms with Crippen LogP contribution in [0.25, 0.3) is 10.1 Å². The van der Waals surface area contributed by atoms with Crippen molar-refractivity contribution in [3.05, 3.63) is 65.9 Å². The summed E-state index contributed by atoms with van der Waals surface area (Å²) in [5, 5.41) is 11.1. The average Bonchev–Trinajstić information content (AvgIpc) is 2.77. The lowest BCUT2D eigenvalue weighted by molar-refractivity contribution is 0.218. The molecule has 3 nitrogen and oxygen atoms in total. The standard InChI is InChI=1S/C14H11NO2S/c16-14(10-6-2-1-3-7-10)13-11-8-4-5-9-12(11)18(17)15-13/h1-9,14,16H. The number of hydrogen-bond acceptors (Lipinski definition) is 3. The highest BCUT2D eigenvalue weighted by atomic mass is 32.2. The third-order valence-electron chi connectivity index (χ3n) is 2.91. The predicted octanol–water partition coefficient (Wildman–Crippen LogP) is 3.04. The third-order valence-corrected chi connectivity index (χ3v) is 4.00. The second-order valence-electron chi connectivity index (χ2n) is 4.04. The van der Waals surface area contributed by atoms with Gasteiger partial charge in [-0.3, -0.25) is 0 Å². The molecule has 18 heavy (non-hydrogen) atoms. The minimum atomic E-state index is -1.39. The van der Waals surface area contributed by atoms with Crippen LogP contribution in [0, 0.1) is 0 Å². The zero-order valence-electron chi connectivity index (χ0n) is 9.48. The molecule has 0 aliphatic carbocycles. The van der Waals surface area contributed by atoms with E-state index >= 15 is 0 Å². The van der Waals surface area contributed by atoms with Crippen LogP contribution in [0.1, 0.15) is 17.4 Å². The van der Waals surface area contributed by atoms with Gasteiger partial charge in [0.15, 0.2) is 0 Å². The number of aliphatic hydroxyl groups excluding tert-OH is 1. The van der Waals surface area contributed by atoms with Crippen LogP contribution in [0.4, 0.5) is 0 Å². The summed E-state index contributed by atoms with van der Waals surface area (Å²) in [6, 6.07) is 16.6. The molecule has 2 aromatic carbocycles. The highest BCUT2D eigenvalue weighted by Gasteiger charge is 2.22. The Morgan fingerprint density at radius 1 is 1.00 bits per heavy atom. The Labute approximate surface area is 107 Å². The molecule has 1 N–H and O–H groups in total. The number of aromatic nitrogens is 1. The molecule has 90 valence electrons. The summed E-state index contributed by atoms with van der Waals surface area (Å²) in [5.41, 5.74) is 1.24. The summed E-state index contributed by atoms with van der Waals surface area (Å²) in [7, 11) is -1.39. The molecule has 4 heteroatoms. The predicted molar refractivity (Wildman–Crippen MR) is 70.9 cm³/mol. The van der Waals surface area contributed by atoms with Gasteiger partial charge in [0, 0.05) is 6.07 Å². The van der Waals surface area contributed by atoms with E-state index in [0.29, 0.717) is 10.4 Å². The van der Waals surface area contributed by atoms with Crippen molar-refractivity contribution in [2.24, 2.45) is 0 Å². The summed E-state index contributed by atoms with van der Waals surface area (Å²) in [6.45, 7) is 0. The van der Waals surface area contributed by atoms with Crippen molar-refractivity contribution >= 4 is 21.0 Å². The first kappa shape index (κ1) is 11.3. The van der Waals surface area contributed by atoms with Gasteiger partial charge in [0.1, 0.15) is 11.8 Å². The second kappa shape index (κ2) is 4.49. The van der Waals surface area contributed by atoms with E-state index in [1.165, 1.54) is 0 Å². The van der Waals surface area contributed by atoms with Crippen molar-refractivity contribution < 1.29 is 9.66 Å². The van der Waals surface area contributed by atoms with Crippen LogP contribution < -0.4 is 0 Å². The molecule has 2 unspecified atom stereocenters. The monoisotopic (exact) mass is 257 g/mol. The van der Waals surface area contributed by atoms with Crippen molar-refractivity contribution in [2.75, 3.05) is 0 Å². The van der Waals surface area contributed by atoms with E-state index in [0.717, 1.165) is 10.9 Å². The van der Waals surface area contributed by atoms with Crippen LogP contribution in [-0.4, -0.2) is 14.0 Å². The van der Waals surface area contributed by atoms with Gasteiger partial charge in [-0.2, -0.15) is 0 Å². The molecule has 1 heterocycles. The Hall–Kier alpha value is -1.75. The number of fused-ring (bicyclic) bond motifs is 1.